The summed E-state index contributed by atoms with van der Waals surface area (Å²) < 4.78 is 0.673. The second-order valence-corrected chi connectivity index (χ2v) is 6.14. The molecule has 19 heavy (non-hydrogen) atoms. The van der Waals surface area contributed by atoms with Crippen molar-refractivity contribution in [2.75, 3.05) is 20.6 Å². The minimum absolute atomic E-state index is 0.0568. The Morgan fingerprint density at radius 1 is 1.47 bits per heavy atom. The molecule has 1 amide bonds. The van der Waals surface area contributed by atoms with Crippen molar-refractivity contribution in [1.29, 1.82) is 0 Å². The maximum Gasteiger partial charge on any atom is 0.251 e. The summed E-state index contributed by atoms with van der Waals surface area (Å²) in [7, 11) is 4.09. The molecule has 1 unspecified atom stereocenters. The van der Waals surface area contributed by atoms with Crippen molar-refractivity contribution >= 4 is 21.8 Å². The fraction of sp³-hybridized carbons (Fsp3) is 0.571. The van der Waals surface area contributed by atoms with E-state index < -0.39 is 0 Å². The number of rotatable bonds is 6. The van der Waals surface area contributed by atoms with Gasteiger partial charge in [0.05, 0.1) is 0 Å². The number of pyridine rings is 1. The van der Waals surface area contributed by atoms with Crippen LogP contribution < -0.4 is 5.32 Å². The van der Waals surface area contributed by atoms with Crippen LogP contribution in [0.5, 0.6) is 0 Å². The summed E-state index contributed by atoms with van der Waals surface area (Å²) in [6.07, 6.45) is 2.68. The quantitative estimate of drug-likeness (QED) is 0.817. The Morgan fingerprint density at radius 3 is 2.68 bits per heavy atom. The van der Waals surface area contributed by atoms with Gasteiger partial charge in [-0.3, -0.25) is 4.79 Å². The lowest BCUT2D eigenvalue weighted by atomic mass is 10.0. The first-order chi connectivity index (χ1) is 8.90. The SMILES string of the molecule is CC(C)CC(CNC(=O)c1ccnc(Br)c1)N(C)C. The summed E-state index contributed by atoms with van der Waals surface area (Å²) in [4.78, 5) is 18.2. The lowest BCUT2D eigenvalue weighted by Gasteiger charge is -2.26. The van der Waals surface area contributed by atoms with Crippen LogP contribution in [0.2, 0.25) is 0 Å². The molecule has 0 saturated carbocycles. The van der Waals surface area contributed by atoms with Crippen LogP contribution in [0.15, 0.2) is 22.9 Å². The summed E-state index contributed by atoms with van der Waals surface area (Å²) in [5.41, 5.74) is 0.629. The maximum absolute atomic E-state index is 12.0. The number of carbonyl (C=O) groups is 1. The molecular formula is C14H22BrN3O. The zero-order valence-corrected chi connectivity index (χ0v) is 13.6. The van der Waals surface area contributed by atoms with Crippen LogP contribution in [0.3, 0.4) is 0 Å². The van der Waals surface area contributed by atoms with Gasteiger partial charge < -0.3 is 10.2 Å². The van der Waals surface area contributed by atoms with Gasteiger partial charge in [0.2, 0.25) is 0 Å². The zero-order valence-electron chi connectivity index (χ0n) is 12.0. The van der Waals surface area contributed by atoms with E-state index in [0.29, 0.717) is 28.7 Å². The van der Waals surface area contributed by atoms with Crippen LogP contribution in [-0.2, 0) is 0 Å². The Morgan fingerprint density at radius 2 is 2.16 bits per heavy atom. The third-order valence-corrected chi connectivity index (χ3v) is 3.39. The highest BCUT2D eigenvalue weighted by Crippen LogP contribution is 2.10. The van der Waals surface area contributed by atoms with Gasteiger partial charge >= 0.3 is 0 Å². The van der Waals surface area contributed by atoms with E-state index in [-0.39, 0.29) is 5.91 Å². The monoisotopic (exact) mass is 327 g/mol. The van der Waals surface area contributed by atoms with Crippen molar-refractivity contribution in [2.24, 2.45) is 5.92 Å². The van der Waals surface area contributed by atoms with Crippen LogP contribution in [0.1, 0.15) is 30.6 Å². The highest BCUT2D eigenvalue weighted by atomic mass is 79.9. The van der Waals surface area contributed by atoms with E-state index in [1.165, 1.54) is 0 Å². The topological polar surface area (TPSA) is 45.2 Å². The molecule has 1 heterocycles. The van der Waals surface area contributed by atoms with Crippen molar-refractivity contribution in [1.82, 2.24) is 15.2 Å². The number of halogens is 1. The Hall–Kier alpha value is -0.940. The van der Waals surface area contributed by atoms with Gasteiger partial charge in [-0.25, -0.2) is 4.98 Å². The average Bonchev–Trinajstić information content (AvgIpc) is 2.33. The third kappa shape index (κ3) is 5.70. The molecule has 0 saturated heterocycles. The summed E-state index contributed by atoms with van der Waals surface area (Å²) in [5.74, 6) is 0.554. The molecule has 0 radical (unpaired) electrons. The molecule has 0 aliphatic rings. The Labute approximate surface area is 123 Å². The van der Waals surface area contributed by atoms with Crippen molar-refractivity contribution in [3.63, 3.8) is 0 Å². The van der Waals surface area contributed by atoms with Gasteiger partial charge in [0.15, 0.2) is 0 Å². The number of nitrogens with one attached hydrogen (secondary N) is 1. The predicted octanol–water partition coefficient (Wildman–Crippen LogP) is 2.55. The zero-order chi connectivity index (χ0) is 14.4. The van der Waals surface area contributed by atoms with E-state index in [4.69, 9.17) is 0 Å². The number of amides is 1. The van der Waals surface area contributed by atoms with Crippen LogP contribution in [0.4, 0.5) is 0 Å². The van der Waals surface area contributed by atoms with Crippen LogP contribution in [-0.4, -0.2) is 42.5 Å². The standard InChI is InChI=1S/C14H22BrN3O/c1-10(2)7-12(18(3)4)9-17-14(19)11-5-6-16-13(15)8-11/h5-6,8,10,12H,7,9H2,1-4H3,(H,17,19). The first kappa shape index (κ1) is 16.1. The van der Waals surface area contributed by atoms with E-state index in [1.54, 1.807) is 18.3 Å². The van der Waals surface area contributed by atoms with E-state index in [2.05, 4.69) is 45.0 Å². The maximum atomic E-state index is 12.0. The molecule has 0 aromatic carbocycles. The molecule has 1 aromatic heterocycles. The second-order valence-electron chi connectivity index (χ2n) is 5.32. The molecule has 1 rings (SSSR count). The van der Waals surface area contributed by atoms with Crippen LogP contribution in [0, 0.1) is 5.92 Å². The normalized spacial score (nSPS) is 12.8. The minimum atomic E-state index is -0.0568. The van der Waals surface area contributed by atoms with Crippen LogP contribution >= 0.6 is 15.9 Å². The van der Waals surface area contributed by atoms with Gasteiger partial charge in [-0.05, 0) is 54.5 Å². The number of aromatic nitrogens is 1. The van der Waals surface area contributed by atoms with E-state index in [1.807, 2.05) is 14.1 Å². The number of hydrogen-bond acceptors (Lipinski definition) is 3. The largest absolute Gasteiger partial charge is 0.350 e. The molecular weight excluding hydrogens is 306 g/mol. The molecule has 5 heteroatoms. The van der Waals surface area contributed by atoms with Crippen molar-refractivity contribution < 1.29 is 4.79 Å². The molecule has 1 N–H and O–H groups in total. The molecule has 0 spiro atoms. The third-order valence-electron chi connectivity index (χ3n) is 2.96. The highest BCUT2D eigenvalue weighted by molar-refractivity contribution is 9.10. The van der Waals surface area contributed by atoms with Crippen LogP contribution in [0.25, 0.3) is 0 Å². The van der Waals surface area contributed by atoms with Gasteiger partial charge in [0, 0.05) is 24.3 Å². The van der Waals surface area contributed by atoms with Gasteiger partial charge in [0.1, 0.15) is 4.60 Å². The molecule has 4 nitrogen and oxygen atoms in total. The minimum Gasteiger partial charge on any atom is -0.350 e. The second kappa shape index (κ2) is 7.60. The summed E-state index contributed by atoms with van der Waals surface area (Å²) in [6.45, 7) is 5.04. The number of carbonyl (C=O) groups excluding carboxylic acids is 1. The fourth-order valence-corrected chi connectivity index (χ4v) is 2.24. The highest BCUT2D eigenvalue weighted by Gasteiger charge is 2.15. The number of hydrogen-bond donors (Lipinski definition) is 1. The van der Waals surface area contributed by atoms with E-state index >= 15 is 0 Å². The average molecular weight is 328 g/mol. The molecule has 0 bridgehead atoms. The molecule has 106 valence electrons. The molecule has 0 aliphatic heterocycles. The molecule has 1 atom stereocenters. The molecule has 1 aromatic rings. The first-order valence-electron chi connectivity index (χ1n) is 6.46. The van der Waals surface area contributed by atoms with Crippen molar-refractivity contribution in [2.45, 2.75) is 26.3 Å². The van der Waals surface area contributed by atoms with Crippen molar-refractivity contribution in [3.8, 4) is 0 Å². The van der Waals surface area contributed by atoms with E-state index in [9.17, 15) is 4.79 Å². The summed E-state index contributed by atoms with van der Waals surface area (Å²) >= 11 is 3.27. The predicted molar refractivity (Wildman–Crippen MR) is 81.2 cm³/mol. The van der Waals surface area contributed by atoms with Gasteiger partial charge in [-0.15, -0.1) is 0 Å². The Balaban J connectivity index is 2.57. The summed E-state index contributed by atoms with van der Waals surface area (Å²) in [6, 6.07) is 3.80. The van der Waals surface area contributed by atoms with Crippen molar-refractivity contribution in [3.05, 3.63) is 28.5 Å². The fourth-order valence-electron chi connectivity index (χ4n) is 1.88. The number of likely N-dealkylation sites (N-methyl/N-ethyl adjacent to an activating group) is 1. The lowest BCUT2D eigenvalue weighted by molar-refractivity contribution is 0.0938. The van der Waals surface area contributed by atoms with Gasteiger partial charge in [-0.1, -0.05) is 13.8 Å². The van der Waals surface area contributed by atoms with Gasteiger partial charge in [0.25, 0.3) is 5.91 Å². The Kier molecular flexibility index (Phi) is 6.45. The number of nitrogens with zero attached hydrogens (tertiary/aromatic N) is 2. The van der Waals surface area contributed by atoms with Gasteiger partial charge in [-0.2, -0.15) is 0 Å². The first-order valence-corrected chi connectivity index (χ1v) is 7.25. The molecule has 0 aliphatic carbocycles. The lowest BCUT2D eigenvalue weighted by Crippen LogP contribution is -2.41. The molecule has 0 fully saturated rings. The Bertz CT molecular complexity index is 421. The summed E-state index contributed by atoms with van der Waals surface area (Å²) in [5, 5.41) is 2.98. The smallest absolute Gasteiger partial charge is 0.251 e. The van der Waals surface area contributed by atoms with E-state index in [0.717, 1.165) is 6.42 Å².